The van der Waals surface area contributed by atoms with Crippen molar-refractivity contribution in [2.75, 3.05) is 13.1 Å². The number of hydrogen-bond acceptors (Lipinski definition) is 4. The monoisotopic (exact) mass is 355 g/mol. The van der Waals surface area contributed by atoms with Gasteiger partial charge in [0, 0.05) is 35.1 Å². The van der Waals surface area contributed by atoms with Crippen molar-refractivity contribution < 1.29 is 4.79 Å². The minimum absolute atomic E-state index is 0.0421. The van der Waals surface area contributed by atoms with E-state index in [-0.39, 0.29) is 11.9 Å². The maximum Gasteiger partial charge on any atom is 0.273 e. The minimum Gasteiger partial charge on any atom is -0.337 e. The fourth-order valence-corrected chi connectivity index (χ4v) is 3.81. The molecule has 0 bridgehead atoms. The Hall–Kier alpha value is -1.14. The fraction of sp³-hybridized carbons (Fsp3) is 0.333. The van der Waals surface area contributed by atoms with Gasteiger partial charge in [0.25, 0.3) is 5.91 Å². The number of amides is 1. The van der Waals surface area contributed by atoms with Gasteiger partial charge in [-0.2, -0.15) is 0 Å². The van der Waals surface area contributed by atoms with Crippen molar-refractivity contribution in [3.63, 3.8) is 0 Å². The number of carbonyl (C=O) groups excluding carboxylic acids is 1. The van der Waals surface area contributed by atoms with Gasteiger partial charge in [-0.3, -0.25) is 4.79 Å². The van der Waals surface area contributed by atoms with E-state index in [4.69, 9.17) is 28.9 Å². The van der Waals surface area contributed by atoms with Crippen LogP contribution in [0.25, 0.3) is 10.6 Å². The van der Waals surface area contributed by atoms with Crippen LogP contribution >= 0.6 is 34.5 Å². The molecule has 4 nitrogen and oxygen atoms in total. The Kier molecular flexibility index (Phi) is 4.68. The van der Waals surface area contributed by atoms with E-state index in [1.54, 1.807) is 17.5 Å². The van der Waals surface area contributed by atoms with Crippen molar-refractivity contribution in [1.82, 2.24) is 9.88 Å². The molecule has 1 aliphatic rings. The summed E-state index contributed by atoms with van der Waals surface area (Å²) in [7, 11) is 0. The Morgan fingerprint density at radius 3 is 2.73 bits per heavy atom. The second-order valence-electron chi connectivity index (χ2n) is 5.29. The summed E-state index contributed by atoms with van der Waals surface area (Å²) in [5.74, 6) is -0.0421. The molecule has 116 valence electrons. The summed E-state index contributed by atoms with van der Waals surface area (Å²) in [4.78, 5) is 18.7. The van der Waals surface area contributed by atoms with Gasteiger partial charge in [0.15, 0.2) is 0 Å². The molecule has 22 heavy (non-hydrogen) atoms. The zero-order valence-electron chi connectivity index (χ0n) is 11.8. The number of likely N-dealkylation sites (tertiary alicyclic amines) is 1. The summed E-state index contributed by atoms with van der Waals surface area (Å²) in [5.41, 5.74) is 7.12. The highest BCUT2D eigenvalue weighted by atomic mass is 35.5. The number of benzene rings is 1. The lowest BCUT2D eigenvalue weighted by Crippen LogP contribution is -2.42. The molecule has 0 radical (unpaired) electrons. The summed E-state index contributed by atoms with van der Waals surface area (Å²) in [5, 5.41) is 3.60. The van der Waals surface area contributed by atoms with E-state index in [9.17, 15) is 4.79 Å². The van der Waals surface area contributed by atoms with E-state index in [1.807, 2.05) is 11.0 Å². The third kappa shape index (κ3) is 3.27. The van der Waals surface area contributed by atoms with Crippen LogP contribution in [0.1, 0.15) is 23.3 Å². The second-order valence-corrected chi connectivity index (χ2v) is 6.99. The number of halogens is 2. The summed E-state index contributed by atoms with van der Waals surface area (Å²) < 4.78 is 0. The highest BCUT2D eigenvalue weighted by Crippen LogP contribution is 2.32. The van der Waals surface area contributed by atoms with E-state index >= 15 is 0 Å². The van der Waals surface area contributed by atoms with Crippen LogP contribution in [0.5, 0.6) is 0 Å². The number of thiazole rings is 1. The molecule has 0 spiro atoms. The first-order valence-electron chi connectivity index (χ1n) is 7.00. The molecule has 7 heteroatoms. The van der Waals surface area contributed by atoms with Crippen molar-refractivity contribution in [1.29, 1.82) is 0 Å². The average Bonchev–Trinajstić information content (AvgIpc) is 2.97. The number of piperidine rings is 1. The third-order valence-electron chi connectivity index (χ3n) is 3.71. The first-order chi connectivity index (χ1) is 10.5. The highest BCUT2D eigenvalue weighted by Gasteiger charge is 2.23. The molecule has 1 saturated heterocycles. The van der Waals surface area contributed by atoms with E-state index < -0.39 is 0 Å². The Bertz CT molecular complexity index is 696. The molecule has 2 N–H and O–H groups in total. The standard InChI is InChI=1S/C15H15Cl2N3OS/c16-9-1-2-11(12(17)7-9)14-19-13(8-22-14)15(21)20-5-3-10(18)4-6-20/h1-2,7-8,10H,3-6,18H2. The number of rotatable bonds is 2. The summed E-state index contributed by atoms with van der Waals surface area (Å²) in [6, 6.07) is 5.45. The number of nitrogens with two attached hydrogens (primary N) is 1. The Morgan fingerprint density at radius 1 is 1.32 bits per heavy atom. The third-order valence-corrected chi connectivity index (χ3v) is 5.14. The molecule has 1 aromatic heterocycles. The van der Waals surface area contributed by atoms with E-state index in [0.717, 1.165) is 23.4 Å². The van der Waals surface area contributed by atoms with Crippen LogP contribution in [0.15, 0.2) is 23.6 Å². The quantitative estimate of drug-likeness (QED) is 0.893. The first-order valence-corrected chi connectivity index (χ1v) is 8.64. The zero-order chi connectivity index (χ0) is 15.7. The lowest BCUT2D eigenvalue weighted by atomic mass is 10.1. The molecule has 0 saturated carbocycles. The van der Waals surface area contributed by atoms with Crippen molar-refractivity contribution in [2.24, 2.45) is 5.73 Å². The number of aromatic nitrogens is 1. The molecule has 0 aliphatic carbocycles. The van der Waals surface area contributed by atoms with Gasteiger partial charge in [0.05, 0.1) is 5.02 Å². The van der Waals surface area contributed by atoms with Crippen LogP contribution in [0.2, 0.25) is 10.0 Å². The van der Waals surface area contributed by atoms with Crippen molar-refractivity contribution in [2.45, 2.75) is 18.9 Å². The van der Waals surface area contributed by atoms with E-state index in [0.29, 0.717) is 28.8 Å². The van der Waals surface area contributed by atoms with Crippen molar-refractivity contribution >= 4 is 40.4 Å². The maximum absolute atomic E-state index is 12.5. The van der Waals surface area contributed by atoms with Crippen LogP contribution in [-0.4, -0.2) is 34.9 Å². The predicted octanol–water partition coefficient (Wildman–Crippen LogP) is 3.68. The highest BCUT2D eigenvalue weighted by molar-refractivity contribution is 7.13. The predicted molar refractivity (Wildman–Crippen MR) is 90.7 cm³/mol. The average molecular weight is 356 g/mol. The normalized spacial score (nSPS) is 16.0. The molecule has 1 amide bonds. The Morgan fingerprint density at radius 2 is 2.05 bits per heavy atom. The van der Waals surface area contributed by atoms with Gasteiger partial charge in [-0.25, -0.2) is 4.98 Å². The number of carbonyl (C=O) groups is 1. The molecule has 0 atom stereocenters. The van der Waals surface area contributed by atoms with Gasteiger partial charge in [0.1, 0.15) is 10.7 Å². The summed E-state index contributed by atoms with van der Waals surface area (Å²) in [6.07, 6.45) is 1.68. The molecule has 0 unspecified atom stereocenters. The molecule has 1 aromatic carbocycles. The minimum atomic E-state index is -0.0421. The number of hydrogen-bond donors (Lipinski definition) is 1. The Balaban J connectivity index is 1.80. The largest absolute Gasteiger partial charge is 0.337 e. The SMILES string of the molecule is NC1CCN(C(=O)c2csc(-c3ccc(Cl)cc3Cl)n2)CC1. The van der Waals surface area contributed by atoms with Crippen LogP contribution in [-0.2, 0) is 0 Å². The molecule has 3 rings (SSSR count). The molecule has 2 aromatic rings. The van der Waals surface area contributed by atoms with Crippen molar-refractivity contribution in [3.05, 3.63) is 39.3 Å². The second kappa shape index (κ2) is 6.54. The topological polar surface area (TPSA) is 59.2 Å². The van der Waals surface area contributed by atoms with Gasteiger partial charge < -0.3 is 10.6 Å². The smallest absolute Gasteiger partial charge is 0.273 e. The first kappa shape index (κ1) is 15.7. The molecule has 1 fully saturated rings. The summed E-state index contributed by atoms with van der Waals surface area (Å²) >= 11 is 13.5. The van der Waals surface area contributed by atoms with Gasteiger partial charge in [-0.15, -0.1) is 11.3 Å². The zero-order valence-corrected chi connectivity index (χ0v) is 14.1. The molecular formula is C15H15Cl2N3OS. The fourth-order valence-electron chi connectivity index (χ4n) is 2.42. The van der Waals surface area contributed by atoms with E-state index in [1.165, 1.54) is 11.3 Å². The lowest BCUT2D eigenvalue weighted by molar-refractivity contribution is 0.0709. The van der Waals surface area contributed by atoms with Gasteiger partial charge in [0.2, 0.25) is 0 Å². The van der Waals surface area contributed by atoms with Gasteiger partial charge in [-0.05, 0) is 31.0 Å². The maximum atomic E-state index is 12.5. The lowest BCUT2D eigenvalue weighted by Gasteiger charge is -2.29. The number of nitrogens with zero attached hydrogens (tertiary/aromatic N) is 2. The molecule has 2 heterocycles. The van der Waals surface area contributed by atoms with Crippen LogP contribution < -0.4 is 5.73 Å². The van der Waals surface area contributed by atoms with E-state index in [2.05, 4.69) is 4.98 Å². The molecular weight excluding hydrogens is 341 g/mol. The van der Waals surface area contributed by atoms with Gasteiger partial charge >= 0.3 is 0 Å². The van der Waals surface area contributed by atoms with Crippen molar-refractivity contribution in [3.8, 4) is 10.6 Å². The van der Waals surface area contributed by atoms with Crippen LogP contribution in [0.3, 0.4) is 0 Å². The van der Waals surface area contributed by atoms with Crippen LogP contribution in [0, 0.1) is 0 Å². The summed E-state index contributed by atoms with van der Waals surface area (Å²) in [6.45, 7) is 1.38. The van der Waals surface area contributed by atoms with Crippen LogP contribution in [0.4, 0.5) is 0 Å². The molecule has 1 aliphatic heterocycles. The van der Waals surface area contributed by atoms with Gasteiger partial charge in [-0.1, -0.05) is 23.2 Å². The Labute approximate surface area is 142 Å².